The fourth-order valence-electron chi connectivity index (χ4n) is 6.40. The highest BCUT2D eigenvalue weighted by Gasteiger charge is 2.20. The number of furan rings is 1. The molecule has 1 aromatic heterocycles. The Hall–Kier alpha value is -5.40. The van der Waals surface area contributed by atoms with Gasteiger partial charge in [-0.15, -0.1) is 0 Å². The van der Waals surface area contributed by atoms with E-state index in [1.165, 1.54) is 50.1 Å². The summed E-state index contributed by atoms with van der Waals surface area (Å²) >= 11 is 0. The van der Waals surface area contributed by atoms with Gasteiger partial charge in [0.2, 0.25) is 0 Å². The lowest BCUT2D eigenvalue weighted by Gasteiger charge is -2.23. The minimum absolute atomic E-state index is 0.316. The van der Waals surface area contributed by atoms with Crippen molar-refractivity contribution in [2.45, 2.75) is 12.3 Å². The van der Waals surface area contributed by atoms with Crippen molar-refractivity contribution >= 4 is 33.1 Å². The van der Waals surface area contributed by atoms with Gasteiger partial charge in [-0.05, 0) is 86.8 Å². The molecule has 0 saturated heterocycles. The molecular weight excluding hydrogens is 520 g/mol. The van der Waals surface area contributed by atoms with Crippen LogP contribution in [0.25, 0.3) is 55.3 Å². The zero-order valence-electron chi connectivity index (χ0n) is 23.8. The lowest BCUT2D eigenvalue weighted by Crippen LogP contribution is -2.03. The van der Waals surface area contributed by atoms with Gasteiger partial charge in [-0.25, -0.2) is 0 Å². The average molecular weight is 551 g/mol. The lowest BCUT2D eigenvalue weighted by molar-refractivity contribution is 0.669. The zero-order chi connectivity index (χ0) is 28.6. The Kier molecular flexibility index (Phi) is 6.35. The Balaban J connectivity index is 1.23. The molecule has 0 fully saturated rings. The summed E-state index contributed by atoms with van der Waals surface area (Å²) < 4.78 is 6.32. The molecule has 1 nitrogen and oxygen atoms in total. The van der Waals surface area contributed by atoms with Crippen LogP contribution in [0.5, 0.6) is 0 Å². The topological polar surface area (TPSA) is 13.1 Å². The molecule has 8 rings (SSSR count). The third kappa shape index (κ3) is 4.90. The standard InChI is InChI=1S/C42H30O/c1-4-11-29(12-5-1)32-17-10-18-33(23-32)34-19-21-41-39(27-34)40-28-35(20-22-42(40)43-41)38-25-36(30-13-6-2-7-14-30)24-37(26-38)31-15-8-3-9-16-31/h1-23,25-28,36H,24H2. The Morgan fingerprint density at radius 3 is 1.67 bits per heavy atom. The Bertz CT molecular complexity index is 2130. The van der Waals surface area contributed by atoms with Crippen LogP contribution >= 0.6 is 0 Å². The smallest absolute Gasteiger partial charge is 0.135 e. The molecule has 1 heterocycles. The highest BCUT2D eigenvalue weighted by molar-refractivity contribution is 6.07. The van der Waals surface area contributed by atoms with E-state index >= 15 is 0 Å². The number of allylic oxidation sites excluding steroid dienone is 4. The van der Waals surface area contributed by atoms with Crippen molar-refractivity contribution in [3.63, 3.8) is 0 Å². The molecule has 1 heteroatoms. The van der Waals surface area contributed by atoms with Crippen LogP contribution in [0.3, 0.4) is 0 Å². The molecule has 1 atom stereocenters. The monoisotopic (exact) mass is 550 g/mol. The Labute approximate surface area is 252 Å². The molecule has 1 aliphatic carbocycles. The second kappa shape index (κ2) is 10.8. The molecule has 0 saturated carbocycles. The molecule has 0 amide bonds. The first-order valence-corrected chi connectivity index (χ1v) is 14.9. The molecule has 0 aliphatic heterocycles. The van der Waals surface area contributed by atoms with Gasteiger partial charge >= 0.3 is 0 Å². The third-order valence-electron chi connectivity index (χ3n) is 8.63. The van der Waals surface area contributed by atoms with E-state index in [4.69, 9.17) is 4.42 Å². The normalized spacial score (nSPS) is 14.9. The van der Waals surface area contributed by atoms with Crippen molar-refractivity contribution in [1.82, 2.24) is 0 Å². The van der Waals surface area contributed by atoms with Gasteiger partial charge in [0.1, 0.15) is 11.2 Å². The summed E-state index contributed by atoms with van der Waals surface area (Å²) in [4.78, 5) is 0. The molecule has 0 radical (unpaired) electrons. The quantitative estimate of drug-likeness (QED) is 0.208. The largest absolute Gasteiger partial charge is 0.456 e. The van der Waals surface area contributed by atoms with Gasteiger partial charge in [0.25, 0.3) is 0 Å². The second-order valence-electron chi connectivity index (χ2n) is 11.3. The SMILES string of the molecule is C1=C(c2ccc3oc4ccc(-c5cccc(-c6ccccc6)c5)cc4c3c2)C=C(c2ccccc2)CC1c1ccccc1. The summed E-state index contributed by atoms with van der Waals surface area (Å²) in [6.45, 7) is 0. The molecule has 0 bridgehead atoms. The van der Waals surface area contributed by atoms with Crippen molar-refractivity contribution in [3.8, 4) is 22.3 Å². The van der Waals surface area contributed by atoms with Crippen molar-refractivity contribution in [3.05, 3.63) is 181 Å². The maximum atomic E-state index is 6.32. The number of benzene rings is 6. The maximum absolute atomic E-state index is 6.32. The van der Waals surface area contributed by atoms with E-state index in [9.17, 15) is 0 Å². The predicted molar refractivity (Wildman–Crippen MR) is 181 cm³/mol. The van der Waals surface area contributed by atoms with Crippen LogP contribution in [0.1, 0.15) is 29.0 Å². The van der Waals surface area contributed by atoms with Crippen molar-refractivity contribution in [2.24, 2.45) is 0 Å². The highest BCUT2D eigenvalue weighted by atomic mass is 16.3. The first kappa shape index (κ1) is 25.3. The molecular formula is C42H30O. The fourth-order valence-corrected chi connectivity index (χ4v) is 6.40. The zero-order valence-corrected chi connectivity index (χ0v) is 23.8. The molecule has 0 N–H and O–H groups in total. The van der Waals surface area contributed by atoms with Gasteiger partial charge in [-0.1, -0.05) is 133 Å². The van der Waals surface area contributed by atoms with Gasteiger partial charge in [-0.3, -0.25) is 0 Å². The molecule has 1 unspecified atom stereocenters. The van der Waals surface area contributed by atoms with Crippen LogP contribution in [0.15, 0.2) is 168 Å². The van der Waals surface area contributed by atoms with Crippen molar-refractivity contribution < 1.29 is 4.42 Å². The van der Waals surface area contributed by atoms with Crippen molar-refractivity contribution in [2.75, 3.05) is 0 Å². The van der Waals surface area contributed by atoms with Crippen LogP contribution in [0.4, 0.5) is 0 Å². The van der Waals surface area contributed by atoms with E-state index in [-0.39, 0.29) is 0 Å². The molecule has 0 spiro atoms. The summed E-state index contributed by atoms with van der Waals surface area (Å²) in [7, 11) is 0. The number of fused-ring (bicyclic) bond motifs is 3. The van der Waals surface area contributed by atoms with E-state index in [2.05, 4.69) is 164 Å². The second-order valence-corrected chi connectivity index (χ2v) is 11.3. The highest BCUT2D eigenvalue weighted by Crippen LogP contribution is 2.41. The van der Waals surface area contributed by atoms with E-state index < -0.39 is 0 Å². The lowest BCUT2D eigenvalue weighted by atomic mass is 9.81. The number of hydrogen-bond acceptors (Lipinski definition) is 1. The number of rotatable bonds is 5. The molecule has 7 aromatic rings. The summed E-state index contributed by atoms with van der Waals surface area (Å²) in [6, 6.07) is 54.2. The van der Waals surface area contributed by atoms with Crippen LogP contribution in [-0.4, -0.2) is 0 Å². The first-order valence-electron chi connectivity index (χ1n) is 14.9. The van der Waals surface area contributed by atoms with Crippen LogP contribution in [0, 0.1) is 0 Å². The molecule has 204 valence electrons. The Morgan fingerprint density at radius 1 is 0.442 bits per heavy atom. The van der Waals surface area contributed by atoms with E-state index in [1.54, 1.807) is 0 Å². The van der Waals surface area contributed by atoms with Crippen molar-refractivity contribution in [1.29, 1.82) is 0 Å². The fraction of sp³-hybridized carbons (Fsp3) is 0.0476. The summed E-state index contributed by atoms with van der Waals surface area (Å²) in [5, 5.41) is 2.29. The summed E-state index contributed by atoms with van der Waals surface area (Å²) in [5.74, 6) is 0.316. The summed E-state index contributed by atoms with van der Waals surface area (Å²) in [5.41, 5.74) is 13.1. The predicted octanol–water partition coefficient (Wildman–Crippen LogP) is 11.6. The van der Waals surface area contributed by atoms with Gasteiger partial charge < -0.3 is 4.42 Å². The van der Waals surface area contributed by atoms with E-state index in [0.717, 1.165) is 28.4 Å². The minimum Gasteiger partial charge on any atom is -0.456 e. The molecule has 43 heavy (non-hydrogen) atoms. The first-order chi connectivity index (χ1) is 21.3. The van der Waals surface area contributed by atoms with Gasteiger partial charge in [0.05, 0.1) is 0 Å². The molecule has 6 aromatic carbocycles. The van der Waals surface area contributed by atoms with Crippen LogP contribution in [0.2, 0.25) is 0 Å². The molecule has 1 aliphatic rings. The third-order valence-corrected chi connectivity index (χ3v) is 8.63. The van der Waals surface area contributed by atoms with Crippen LogP contribution < -0.4 is 0 Å². The van der Waals surface area contributed by atoms with E-state index in [0.29, 0.717) is 5.92 Å². The van der Waals surface area contributed by atoms with Gasteiger partial charge in [-0.2, -0.15) is 0 Å². The maximum Gasteiger partial charge on any atom is 0.135 e. The minimum atomic E-state index is 0.316. The Morgan fingerprint density at radius 2 is 0.977 bits per heavy atom. The van der Waals surface area contributed by atoms with E-state index in [1.807, 2.05) is 0 Å². The van der Waals surface area contributed by atoms with Gasteiger partial charge in [0, 0.05) is 16.7 Å². The average Bonchev–Trinajstić information content (AvgIpc) is 3.46. The summed E-state index contributed by atoms with van der Waals surface area (Å²) in [6.07, 6.45) is 5.80. The van der Waals surface area contributed by atoms with Gasteiger partial charge in [0.15, 0.2) is 0 Å². The van der Waals surface area contributed by atoms with Crippen LogP contribution in [-0.2, 0) is 0 Å². The number of hydrogen-bond donors (Lipinski definition) is 0.